The SMILES string of the molecule is C=CCc1c(C)cccc1C1CCCCC1=O. The van der Waals surface area contributed by atoms with Crippen LogP contribution in [0.2, 0.25) is 0 Å². The molecule has 0 spiro atoms. The highest BCUT2D eigenvalue weighted by atomic mass is 16.1. The molecule has 0 saturated heterocycles. The lowest BCUT2D eigenvalue weighted by atomic mass is 9.79. The molecular formula is C16H20O. The van der Waals surface area contributed by atoms with Gasteiger partial charge in [-0.3, -0.25) is 4.79 Å². The van der Waals surface area contributed by atoms with E-state index in [-0.39, 0.29) is 5.92 Å². The van der Waals surface area contributed by atoms with Crippen molar-refractivity contribution in [1.29, 1.82) is 0 Å². The number of rotatable bonds is 3. The molecule has 0 aromatic heterocycles. The van der Waals surface area contributed by atoms with Crippen molar-refractivity contribution in [2.24, 2.45) is 0 Å². The molecule has 17 heavy (non-hydrogen) atoms. The molecule has 0 N–H and O–H groups in total. The topological polar surface area (TPSA) is 17.1 Å². The average molecular weight is 228 g/mol. The van der Waals surface area contributed by atoms with Crippen molar-refractivity contribution in [3.05, 3.63) is 47.5 Å². The van der Waals surface area contributed by atoms with Gasteiger partial charge in [-0.25, -0.2) is 0 Å². The maximum absolute atomic E-state index is 12.0. The van der Waals surface area contributed by atoms with E-state index in [4.69, 9.17) is 0 Å². The Morgan fingerprint density at radius 2 is 2.24 bits per heavy atom. The van der Waals surface area contributed by atoms with E-state index in [2.05, 4.69) is 31.7 Å². The van der Waals surface area contributed by atoms with E-state index in [0.717, 1.165) is 25.7 Å². The summed E-state index contributed by atoms with van der Waals surface area (Å²) < 4.78 is 0. The Bertz CT molecular complexity index is 431. The van der Waals surface area contributed by atoms with Crippen molar-refractivity contribution >= 4 is 5.78 Å². The number of carbonyl (C=O) groups is 1. The molecule has 1 heteroatoms. The summed E-state index contributed by atoms with van der Waals surface area (Å²) in [5.41, 5.74) is 3.83. The maximum Gasteiger partial charge on any atom is 0.140 e. The lowest BCUT2D eigenvalue weighted by Gasteiger charge is -2.24. The van der Waals surface area contributed by atoms with Crippen LogP contribution < -0.4 is 0 Å². The molecule has 1 aromatic carbocycles. The molecule has 1 aliphatic rings. The van der Waals surface area contributed by atoms with Crippen molar-refractivity contribution in [2.75, 3.05) is 0 Å². The highest BCUT2D eigenvalue weighted by molar-refractivity contribution is 5.86. The van der Waals surface area contributed by atoms with Gasteiger partial charge in [-0.2, -0.15) is 0 Å². The average Bonchev–Trinajstić information content (AvgIpc) is 2.33. The number of allylic oxidation sites excluding steroid dienone is 1. The van der Waals surface area contributed by atoms with Gasteiger partial charge in [0.25, 0.3) is 0 Å². The third kappa shape index (κ3) is 2.49. The summed E-state index contributed by atoms with van der Waals surface area (Å²) in [5, 5.41) is 0. The van der Waals surface area contributed by atoms with Crippen molar-refractivity contribution in [1.82, 2.24) is 0 Å². The highest BCUT2D eigenvalue weighted by Gasteiger charge is 2.25. The molecule has 0 radical (unpaired) electrons. The standard InChI is InChI=1S/C16H20O/c1-3-7-13-12(2)8-6-10-14(13)15-9-4-5-11-16(15)17/h3,6,8,10,15H,1,4-5,7,9,11H2,2H3. The van der Waals surface area contributed by atoms with Crippen LogP contribution in [0.25, 0.3) is 0 Å². The van der Waals surface area contributed by atoms with Gasteiger partial charge in [-0.05, 0) is 42.9 Å². The number of benzene rings is 1. The van der Waals surface area contributed by atoms with Crippen LogP contribution in [0, 0.1) is 6.92 Å². The summed E-state index contributed by atoms with van der Waals surface area (Å²) in [5.74, 6) is 0.561. The summed E-state index contributed by atoms with van der Waals surface area (Å²) in [4.78, 5) is 12.0. The molecule has 1 atom stereocenters. The monoisotopic (exact) mass is 228 g/mol. The number of Topliss-reactive ketones (excluding diaryl/α,β-unsaturated/α-hetero) is 1. The van der Waals surface area contributed by atoms with Gasteiger partial charge >= 0.3 is 0 Å². The zero-order valence-electron chi connectivity index (χ0n) is 10.5. The minimum atomic E-state index is 0.138. The second-order valence-electron chi connectivity index (χ2n) is 4.90. The van der Waals surface area contributed by atoms with E-state index in [1.807, 2.05) is 6.08 Å². The van der Waals surface area contributed by atoms with Gasteiger partial charge < -0.3 is 0 Å². The molecule has 0 amide bonds. The van der Waals surface area contributed by atoms with E-state index < -0.39 is 0 Å². The van der Waals surface area contributed by atoms with Crippen LogP contribution in [0.4, 0.5) is 0 Å². The Morgan fingerprint density at radius 1 is 1.41 bits per heavy atom. The minimum absolute atomic E-state index is 0.138. The van der Waals surface area contributed by atoms with Crippen LogP contribution in [0.1, 0.15) is 48.3 Å². The van der Waals surface area contributed by atoms with E-state index in [1.54, 1.807) is 0 Å². The fourth-order valence-corrected chi connectivity index (χ4v) is 2.79. The number of aryl methyl sites for hydroxylation is 1. The van der Waals surface area contributed by atoms with Crippen LogP contribution in [0.5, 0.6) is 0 Å². The zero-order chi connectivity index (χ0) is 12.3. The van der Waals surface area contributed by atoms with E-state index >= 15 is 0 Å². The second-order valence-corrected chi connectivity index (χ2v) is 4.90. The molecule has 2 rings (SSSR count). The summed E-state index contributed by atoms with van der Waals surface area (Å²) in [6.45, 7) is 5.94. The molecular weight excluding hydrogens is 208 g/mol. The molecule has 1 aromatic rings. The van der Waals surface area contributed by atoms with Crippen molar-refractivity contribution < 1.29 is 4.79 Å². The largest absolute Gasteiger partial charge is 0.299 e. The van der Waals surface area contributed by atoms with Gasteiger partial charge in [0, 0.05) is 12.3 Å². The maximum atomic E-state index is 12.0. The van der Waals surface area contributed by atoms with Crippen LogP contribution in [-0.4, -0.2) is 5.78 Å². The molecule has 0 heterocycles. The van der Waals surface area contributed by atoms with Gasteiger partial charge in [-0.15, -0.1) is 6.58 Å². The third-order valence-corrected chi connectivity index (χ3v) is 3.72. The van der Waals surface area contributed by atoms with Crippen LogP contribution in [0.3, 0.4) is 0 Å². The smallest absolute Gasteiger partial charge is 0.140 e. The Morgan fingerprint density at radius 3 is 2.94 bits per heavy atom. The highest BCUT2D eigenvalue weighted by Crippen LogP contribution is 2.33. The summed E-state index contributed by atoms with van der Waals surface area (Å²) in [7, 11) is 0. The lowest BCUT2D eigenvalue weighted by molar-refractivity contribution is -0.121. The first kappa shape index (κ1) is 12.1. The summed E-state index contributed by atoms with van der Waals surface area (Å²) >= 11 is 0. The predicted molar refractivity (Wildman–Crippen MR) is 71.3 cm³/mol. The molecule has 0 aliphatic heterocycles. The van der Waals surface area contributed by atoms with Crippen molar-refractivity contribution in [3.63, 3.8) is 0 Å². The molecule has 1 saturated carbocycles. The predicted octanol–water partition coefficient (Wildman–Crippen LogP) is 3.95. The fraction of sp³-hybridized carbons (Fsp3) is 0.438. The van der Waals surface area contributed by atoms with Crippen LogP contribution >= 0.6 is 0 Å². The Hall–Kier alpha value is -1.37. The number of hydrogen-bond donors (Lipinski definition) is 0. The van der Waals surface area contributed by atoms with E-state index in [0.29, 0.717) is 5.78 Å². The third-order valence-electron chi connectivity index (χ3n) is 3.72. The summed E-state index contributed by atoms with van der Waals surface area (Å²) in [6.07, 6.45) is 6.82. The molecule has 1 aliphatic carbocycles. The molecule has 1 fully saturated rings. The van der Waals surface area contributed by atoms with Crippen molar-refractivity contribution in [3.8, 4) is 0 Å². The van der Waals surface area contributed by atoms with Gasteiger partial charge in [0.1, 0.15) is 5.78 Å². The first-order valence-electron chi connectivity index (χ1n) is 6.46. The van der Waals surface area contributed by atoms with E-state index in [1.165, 1.54) is 23.1 Å². The second kappa shape index (κ2) is 5.31. The molecule has 0 bridgehead atoms. The molecule has 1 unspecified atom stereocenters. The van der Waals surface area contributed by atoms with E-state index in [9.17, 15) is 4.79 Å². The fourth-order valence-electron chi connectivity index (χ4n) is 2.79. The molecule has 90 valence electrons. The van der Waals surface area contributed by atoms with Crippen LogP contribution in [0.15, 0.2) is 30.9 Å². The quantitative estimate of drug-likeness (QED) is 0.716. The summed E-state index contributed by atoms with van der Waals surface area (Å²) in [6, 6.07) is 6.31. The van der Waals surface area contributed by atoms with Gasteiger partial charge in [0.05, 0.1) is 0 Å². The van der Waals surface area contributed by atoms with Crippen molar-refractivity contribution in [2.45, 2.75) is 44.9 Å². The minimum Gasteiger partial charge on any atom is -0.299 e. The Kier molecular flexibility index (Phi) is 3.78. The molecule has 1 nitrogen and oxygen atoms in total. The van der Waals surface area contributed by atoms with Gasteiger partial charge in [0.15, 0.2) is 0 Å². The Balaban J connectivity index is 2.39. The first-order valence-corrected chi connectivity index (χ1v) is 6.46. The Labute approximate surface area is 104 Å². The van der Waals surface area contributed by atoms with Crippen LogP contribution in [-0.2, 0) is 11.2 Å². The number of hydrogen-bond acceptors (Lipinski definition) is 1. The normalized spacial score (nSPS) is 20.3. The van der Waals surface area contributed by atoms with Gasteiger partial charge in [-0.1, -0.05) is 30.7 Å². The first-order chi connectivity index (χ1) is 8.24. The van der Waals surface area contributed by atoms with Gasteiger partial charge in [0.2, 0.25) is 0 Å². The zero-order valence-corrected chi connectivity index (χ0v) is 10.5. The number of carbonyl (C=O) groups excluding carboxylic acids is 1. The lowest BCUT2D eigenvalue weighted by Crippen LogP contribution is -2.18. The number of ketones is 1.